The first-order valence-electron chi connectivity index (χ1n) is 5.33. The maximum Gasteiger partial charge on any atom is 0.325 e. The lowest BCUT2D eigenvalue weighted by atomic mass is 10.3. The summed E-state index contributed by atoms with van der Waals surface area (Å²) in [6, 6.07) is -0.238. The molecule has 7 heteroatoms. The lowest BCUT2D eigenvalue weighted by Gasteiger charge is -2.11. The van der Waals surface area contributed by atoms with Gasteiger partial charge in [0.25, 0.3) is 0 Å². The van der Waals surface area contributed by atoms with E-state index in [1.165, 1.54) is 17.1 Å². The molecule has 1 aromatic heterocycles. The summed E-state index contributed by atoms with van der Waals surface area (Å²) in [5.74, 6) is -0.983. The first-order chi connectivity index (χ1) is 8.01. The second-order valence-electron chi connectivity index (χ2n) is 3.73. The van der Waals surface area contributed by atoms with E-state index < -0.39 is 5.97 Å². The van der Waals surface area contributed by atoms with Crippen LogP contribution in [0.25, 0.3) is 0 Å². The molecule has 0 radical (unpaired) electrons. The van der Waals surface area contributed by atoms with Gasteiger partial charge in [0, 0.05) is 12.2 Å². The number of nitrogens with one attached hydrogen (secondary N) is 2. The molecule has 1 heterocycles. The molecule has 0 aliphatic heterocycles. The molecular weight excluding hydrogens is 224 g/mol. The average molecular weight is 240 g/mol. The van der Waals surface area contributed by atoms with E-state index in [-0.39, 0.29) is 18.6 Å². The number of aliphatic carboxylic acids is 1. The van der Waals surface area contributed by atoms with Gasteiger partial charge in [-0.15, -0.1) is 0 Å². The van der Waals surface area contributed by atoms with Gasteiger partial charge in [-0.1, -0.05) is 6.92 Å². The molecule has 1 atom stereocenters. The summed E-state index contributed by atoms with van der Waals surface area (Å²) in [4.78, 5) is 21.9. The van der Waals surface area contributed by atoms with Gasteiger partial charge in [-0.25, -0.2) is 4.79 Å². The van der Waals surface area contributed by atoms with E-state index in [9.17, 15) is 9.59 Å². The third kappa shape index (κ3) is 4.54. The molecule has 94 valence electrons. The van der Waals surface area contributed by atoms with E-state index in [0.29, 0.717) is 5.69 Å². The van der Waals surface area contributed by atoms with E-state index in [4.69, 9.17) is 5.11 Å². The number of urea groups is 1. The molecule has 0 aliphatic carbocycles. The second kappa shape index (κ2) is 5.88. The van der Waals surface area contributed by atoms with Gasteiger partial charge in [0.2, 0.25) is 0 Å². The zero-order chi connectivity index (χ0) is 12.8. The van der Waals surface area contributed by atoms with Crippen LogP contribution in [0.5, 0.6) is 0 Å². The molecule has 0 fully saturated rings. The third-order valence-corrected chi connectivity index (χ3v) is 2.18. The zero-order valence-electron chi connectivity index (χ0n) is 9.80. The van der Waals surface area contributed by atoms with Gasteiger partial charge in [-0.2, -0.15) is 5.10 Å². The van der Waals surface area contributed by atoms with Crippen molar-refractivity contribution >= 4 is 17.7 Å². The third-order valence-electron chi connectivity index (χ3n) is 2.18. The summed E-state index contributed by atoms with van der Waals surface area (Å²) < 4.78 is 1.24. The highest BCUT2D eigenvalue weighted by Crippen LogP contribution is 2.04. The van der Waals surface area contributed by atoms with E-state index in [2.05, 4.69) is 15.7 Å². The van der Waals surface area contributed by atoms with Crippen LogP contribution in [0.2, 0.25) is 0 Å². The molecule has 17 heavy (non-hydrogen) atoms. The lowest BCUT2D eigenvalue weighted by Crippen LogP contribution is -2.35. The van der Waals surface area contributed by atoms with Crippen molar-refractivity contribution in [3.8, 4) is 0 Å². The largest absolute Gasteiger partial charge is 0.480 e. The summed E-state index contributed by atoms with van der Waals surface area (Å²) in [6.07, 6.45) is 3.70. The van der Waals surface area contributed by atoms with Gasteiger partial charge in [0.1, 0.15) is 6.54 Å². The first-order valence-corrected chi connectivity index (χ1v) is 5.33. The number of carboxylic acid groups (broad SMARTS) is 1. The molecule has 0 spiro atoms. The molecule has 1 unspecified atom stereocenters. The van der Waals surface area contributed by atoms with Gasteiger partial charge in [0.05, 0.1) is 11.9 Å². The predicted molar refractivity (Wildman–Crippen MR) is 61.8 cm³/mol. The van der Waals surface area contributed by atoms with Crippen molar-refractivity contribution in [1.82, 2.24) is 15.1 Å². The van der Waals surface area contributed by atoms with E-state index >= 15 is 0 Å². The summed E-state index contributed by atoms with van der Waals surface area (Å²) in [5.41, 5.74) is 0.465. The Hall–Kier alpha value is -2.05. The van der Waals surface area contributed by atoms with Crippen molar-refractivity contribution in [2.45, 2.75) is 32.9 Å². The van der Waals surface area contributed by atoms with Gasteiger partial charge in [-0.05, 0) is 13.3 Å². The number of hydrogen-bond acceptors (Lipinski definition) is 3. The lowest BCUT2D eigenvalue weighted by molar-refractivity contribution is -0.137. The molecule has 3 N–H and O–H groups in total. The van der Waals surface area contributed by atoms with Crippen LogP contribution in [0.3, 0.4) is 0 Å². The Kier molecular flexibility index (Phi) is 4.50. The number of aromatic nitrogens is 2. The first kappa shape index (κ1) is 13.0. The highest BCUT2D eigenvalue weighted by atomic mass is 16.4. The second-order valence-corrected chi connectivity index (χ2v) is 3.73. The van der Waals surface area contributed by atoms with Crippen LogP contribution in [0.15, 0.2) is 12.4 Å². The van der Waals surface area contributed by atoms with Gasteiger partial charge < -0.3 is 15.7 Å². The van der Waals surface area contributed by atoms with Crippen LogP contribution in [-0.2, 0) is 11.3 Å². The highest BCUT2D eigenvalue weighted by molar-refractivity contribution is 5.89. The number of amides is 2. The number of anilines is 1. The smallest absolute Gasteiger partial charge is 0.325 e. The van der Waals surface area contributed by atoms with Crippen LogP contribution < -0.4 is 10.6 Å². The van der Waals surface area contributed by atoms with Crippen molar-refractivity contribution in [3.63, 3.8) is 0 Å². The van der Waals surface area contributed by atoms with Crippen molar-refractivity contribution in [1.29, 1.82) is 0 Å². The van der Waals surface area contributed by atoms with Gasteiger partial charge in [-0.3, -0.25) is 9.48 Å². The Morgan fingerprint density at radius 3 is 2.88 bits per heavy atom. The minimum atomic E-state index is -0.983. The Morgan fingerprint density at radius 2 is 2.29 bits per heavy atom. The SMILES string of the molecule is CCC(C)NC(=O)Nc1cnn(CC(=O)O)c1. The van der Waals surface area contributed by atoms with Crippen molar-refractivity contribution in [3.05, 3.63) is 12.4 Å². The Morgan fingerprint density at radius 1 is 1.59 bits per heavy atom. The van der Waals surface area contributed by atoms with Crippen molar-refractivity contribution in [2.24, 2.45) is 0 Å². The summed E-state index contributed by atoms with van der Waals surface area (Å²) >= 11 is 0. The number of hydrogen-bond donors (Lipinski definition) is 3. The number of nitrogens with zero attached hydrogens (tertiary/aromatic N) is 2. The van der Waals surface area contributed by atoms with Crippen LogP contribution in [0.1, 0.15) is 20.3 Å². The number of carbonyl (C=O) groups excluding carboxylic acids is 1. The van der Waals surface area contributed by atoms with Crippen LogP contribution in [0.4, 0.5) is 10.5 Å². The Labute approximate surface area is 98.8 Å². The summed E-state index contributed by atoms with van der Waals surface area (Å²) in [6.45, 7) is 3.64. The fraction of sp³-hybridized carbons (Fsp3) is 0.500. The minimum absolute atomic E-state index is 0.0871. The van der Waals surface area contributed by atoms with Gasteiger partial charge >= 0.3 is 12.0 Å². The van der Waals surface area contributed by atoms with Gasteiger partial charge in [0.15, 0.2) is 0 Å². The Bertz CT molecular complexity index is 402. The molecule has 0 saturated carbocycles. The van der Waals surface area contributed by atoms with E-state index in [0.717, 1.165) is 6.42 Å². The number of rotatable bonds is 5. The summed E-state index contributed by atoms with van der Waals surface area (Å²) in [7, 11) is 0. The van der Waals surface area contributed by atoms with E-state index in [1.807, 2.05) is 13.8 Å². The maximum absolute atomic E-state index is 11.4. The van der Waals surface area contributed by atoms with Crippen molar-refractivity contribution in [2.75, 3.05) is 5.32 Å². The summed E-state index contributed by atoms with van der Waals surface area (Å²) in [5, 5.41) is 17.6. The monoisotopic (exact) mass is 240 g/mol. The molecule has 2 amide bonds. The molecule has 0 aromatic carbocycles. The molecule has 7 nitrogen and oxygen atoms in total. The predicted octanol–water partition coefficient (Wildman–Crippen LogP) is 0.888. The van der Waals surface area contributed by atoms with Crippen molar-refractivity contribution < 1.29 is 14.7 Å². The molecular formula is C10H16N4O3. The molecule has 0 aliphatic rings. The molecule has 0 bridgehead atoms. The van der Waals surface area contributed by atoms with E-state index in [1.54, 1.807) is 0 Å². The molecule has 1 aromatic rings. The Balaban J connectivity index is 2.48. The maximum atomic E-state index is 11.4. The number of carbonyl (C=O) groups is 2. The topological polar surface area (TPSA) is 96.3 Å². The quantitative estimate of drug-likeness (QED) is 0.712. The standard InChI is InChI=1S/C10H16N4O3/c1-3-7(2)12-10(17)13-8-4-11-14(5-8)6-9(15)16/h4-5,7H,3,6H2,1-2H3,(H,15,16)(H2,12,13,17). The molecule has 1 rings (SSSR count). The fourth-order valence-corrected chi connectivity index (χ4v) is 1.15. The molecule has 0 saturated heterocycles. The normalized spacial score (nSPS) is 11.9. The van der Waals surface area contributed by atoms with Crippen LogP contribution in [-0.4, -0.2) is 32.9 Å². The fourth-order valence-electron chi connectivity index (χ4n) is 1.15. The zero-order valence-corrected chi connectivity index (χ0v) is 9.80. The minimum Gasteiger partial charge on any atom is -0.480 e. The number of carboxylic acids is 1. The highest BCUT2D eigenvalue weighted by Gasteiger charge is 2.07. The van der Waals surface area contributed by atoms with Crippen LogP contribution >= 0.6 is 0 Å². The average Bonchev–Trinajstić information content (AvgIpc) is 2.63. The van der Waals surface area contributed by atoms with Crippen LogP contribution in [0, 0.1) is 0 Å².